The Labute approximate surface area is 470 Å². The average Bonchev–Trinajstić information content (AvgIpc) is 4.07. The summed E-state index contributed by atoms with van der Waals surface area (Å²) in [6, 6.07) is -2.72. The zero-order valence-electron chi connectivity index (χ0n) is 49.1. The molecule has 0 aliphatic carbocycles. The van der Waals surface area contributed by atoms with Gasteiger partial charge < -0.3 is 65.1 Å². The van der Waals surface area contributed by atoms with Crippen molar-refractivity contribution in [3.05, 3.63) is 29.8 Å². The van der Waals surface area contributed by atoms with Gasteiger partial charge in [-0.2, -0.15) is 0 Å². The molecular formula is C57H89N7O16. The number of likely N-dealkylation sites (N-methyl/N-ethyl adjacent to an activating group) is 2. The predicted molar refractivity (Wildman–Crippen MR) is 292 cm³/mol. The predicted octanol–water partition coefficient (Wildman–Crippen LogP) is 1.29. The van der Waals surface area contributed by atoms with Crippen LogP contribution in [-0.4, -0.2) is 201 Å². The second kappa shape index (κ2) is 29.5. The molecule has 0 saturated carbocycles. The highest BCUT2D eigenvalue weighted by Gasteiger charge is 2.47. The van der Waals surface area contributed by atoms with Gasteiger partial charge in [-0.1, -0.05) is 73.9 Å². The van der Waals surface area contributed by atoms with Crippen molar-refractivity contribution in [2.45, 2.75) is 200 Å². The SMILES string of the molecule is CC[C@@H](C)[C@H]1NC(=O)[C@@H](NC(=O)[C@@H](CC(C)C)N(C)C(=O)[C@@H]2C[C@@H](O)CN2C(=O)[C@H](C)O)[C@H](C)OC(=O)[C@H](Cc2ccc(OC)cc2)N(C)C(=O)[C@@H]2CCCN2C(=O)[C@H](CC(C)C)NC(=O)[C@H](C)C(=O)[C@H](C(C)C)OC(=O)C[C@@H]1O. The summed E-state index contributed by atoms with van der Waals surface area (Å²) >= 11 is 0. The van der Waals surface area contributed by atoms with Crippen LogP contribution in [0.2, 0.25) is 0 Å². The Kier molecular flexibility index (Phi) is 24.4. The molecule has 23 nitrogen and oxygen atoms in total. The van der Waals surface area contributed by atoms with Gasteiger partial charge in [-0.3, -0.25) is 43.2 Å². The van der Waals surface area contributed by atoms with Gasteiger partial charge in [0, 0.05) is 40.0 Å². The molecule has 4 rings (SSSR count). The number of aliphatic hydroxyl groups is 3. The Balaban J connectivity index is 1.89. The smallest absolute Gasteiger partial charge is 0.329 e. The molecule has 448 valence electrons. The molecule has 23 heteroatoms. The van der Waals surface area contributed by atoms with Crippen molar-refractivity contribution in [2.24, 2.45) is 29.6 Å². The van der Waals surface area contributed by atoms with E-state index < -0.39 is 156 Å². The first-order valence-corrected chi connectivity index (χ1v) is 28.1. The summed E-state index contributed by atoms with van der Waals surface area (Å²) in [4.78, 5) is 148. The lowest BCUT2D eigenvalue weighted by Gasteiger charge is -2.36. The van der Waals surface area contributed by atoms with Gasteiger partial charge in [-0.15, -0.1) is 0 Å². The number of ketones is 1. The van der Waals surface area contributed by atoms with Crippen LogP contribution in [0.1, 0.15) is 127 Å². The number of carbonyl (C=O) groups excluding carboxylic acids is 10. The molecule has 0 aromatic heterocycles. The second-order valence-electron chi connectivity index (χ2n) is 23.2. The van der Waals surface area contributed by atoms with Crippen LogP contribution in [0, 0.1) is 29.6 Å². The Hall–Kier alpha value is -6.20. The average molecular weight is 1130 g/mol. The van der Waals surface area contributed by atoms with Crippen molar-refractivity contribution in [1.29, 1.82) is 0 Å². The van der Waals surface area contributed by atoms with Crippen LogP contribution in [0.5, 0.6) is 5.75 Å². The lowest BCUT2D eigenvalue weighted by molar-refractivity contribution is -0.163. The van der Waals surface area contributed by atoms with Gasteiger partial charge in [0.15, 0.2) is 11.9 Å². The van der Waals surface area contributed by atoms with Crippen LogP contribution in [0.25, 0.3) is 0 Å². The van der Waals surface area contributed by atoms with E-state index in [1.54, 1.807) is 65.8 Å². The molecule has 3 aliphatic heterocycles. The van der Waals surface area contributed by atoms with Crippen molar-refractivity contribution >= 4 is 59.1 Å². The van der Waals surface area contributed by atoms with Crippen molar-refractivity contribution in [2.75, 3.05) is 34.3 Å². The number of β-amino-alcohol motifs (C(OH)–C–C–N with tert-alkyl or cyclic N) is 1. The van der Waals surface area contributed by atoms with Gasteiger partial charge in [-0.25, -0.2) is 4.79 Å². The first-order chi connectivity index (χ1) is 37.4. The summed E-state index contributed by atoms with van der Waals surface area (Å²) in [5.74, 6) is -10.9. The normalized spacial score (nSPS) is 28.4. The van der Waals surface area contributed by atoms with E-state index in [2.05, 4.69) is 16.0 Å². The summed E-state index contributed by atoms with van der Waals surface area (Å²) in [5.41, 5.74) is 0.555. The molecule has 7 amide bonds. The molecule has 0 unspecified atom stereocenters. The number of nitrogens with one attached hydrogen (secondary N) is 3. The molecule has 0 radical (unpaired) electrons. The Morgan fingerprint density at radius 3 is 2.09 bits per heavy atom. The first kappa shape index (κ1) is 66.3. The Morgan fingerprint density at radius 2 is 1.52 bits per heavy atom. The van der Waals surface area contributed by atoms with E-state index in [-0.39, 0.29) is 57.0 Å². The zero-order valence-corrected chi connectivity index (χ0v) is 49.1. The van der Waals surface area contributed by atoms with Crippen molar-refractivity contribution in [3.63, 3.8) is 0 Å². The molecule has 6 N–H and O–H groups in total. The fourth-order valence-electron chi connectivity index (χ4n) is 10.5. The number of rotatable bonds is 15. The second-order valence-corrected chi connectivity index (χ2v) is 23.2. The van der Waals surface area contributed by atoms with Gasteiger partial charge in [-0.05, 0) is 87.8 Å². The molecule has 3 fully saturated rings. The fourth-order valence-corrected chi connectivity index (χ4v) is 10.5. The third-order valence-electron chi connectivity index (χ3n) is 15.5. The quantitative estimate of drug-likeness (QED) is 0.107. The molecule has 14 atom stereocenters. The van der Waals surface area contributed by atoms with E-state index >= 15 is 4.79 Å². The number of nitrogens with zero attached hydrogens (tertiary/aromatic N) is 4. The maximum Gasteiger partial charge on any atom is 0.329 e. The van der Waals surface area contributed by atoms with Crippen LogP contribution in [-0.2, 0) is 63.8 Å². The van der Waals surface area contributed by atoms with Gasteiger partial charge in [0.2, 0.25) is 35.4 Å². The highest BCUT2D eigenvalue weighted by molar-refractivity contribution is 6.05. The third-order valence-corrected chi connectivity index (χ3v) is 15.5. The summed E-state index contributed by atoms with van der Waals surface area (Å²) < 4.78 is 17.2. The largest absolute Gasteiger partial charge is 0.497 e. The number of fused-ring (bicyclic) bond motifs is 1. The number of methoxy groups -OCH3 is 1. The van der Waals surface area contributed by atoms with Crippen molar-refractivity contribution in [1.82, 2.24) is 35.6 Å². The van der Waals surface area contributed by atoms with Gasteiger partial charge in [0.1, 0.15) is 54.2 Å². The van der Waals surface area contributed by atoms with Gasteiger partial charge in [0.05, 0.1) is 37.7 Å². The van der Waals surface area contributed by atoms with Crippen LogP contribution >= 0.6 is 0 Å². The minimum absolute atomic E-state index is 0.00510. The molecule has 80 heavy (non-hydrogen) atoms. The summed E-state index contributed by atoms with van der Waals surface area (Å²) in [7, 11) is 4.19. The Morgan fingerprint density at radius 1 is 0.887 bits per heavy atom. The van der Waals surface area contributed by atoms with Crippen LogP contribution in [0.3, 0.4) is 0 Å². The molecule has 0 bridgehead atoms. The Bertz CT molecular complexity index is 2360. The lowest BCUT2D eigenvalue weighted by Crippen LogP contribution is -2.62. The van der Waals surface area contributed by atoms with Gasteiger partial charge >= 0.3 is 11.9 Å². The molecular weight excluding hydrogens is 1040 g/mol. The monoisotopic (exact) mass is 1130 g/mol. The summed E-state index contributed by atoms with van der Waals surface area (Å²) in [6.07, 6.45) is -7.39. The number of aliphatic hydroxyl groups excluding tert-OH is 3. The van der Waals surface area contributed by atoms with Crippen molar-refractivity contribution in [3.8, 4) is 5.75 Å². The molecule has 1 aromatic rings. The molecule has 1 aromatic carbocycles. The van der Waals surface area contributed by atoms with E-state index in [0.717, 1.165) is 9.80 Å². The van der Waals surface area contributed by atoms with Crippen LogP contribution in [0.4, 0.5) is 0 Å². The highest BCUT2D eigenvalue weighted by Crippen LogP contribution is 2.27. The standard InChI is InChI=1S/C57H89N7O16/c1-15-32(8)46-44(67)27-45(68)80-49(31(6)7)48(69)33(9)50(70)58-39(23-29(2)3)54(74)63-22-16-17-40(63)55(75)62(13)43(25-36-18-20-38(78-14)21-19-36)57(77)79-35(11)47(52(72)59-46)60-51(71)41(24-30(4)5)61(12)56(76)42-26-37(66)28-64(42)53(73)34(10)65/h18-21,29-35,37,39-44,46-47,49,65-67H,15-17,22-28H2,1-14H3,(H,58,70)(H,59,72)(H,60,71)/t32-,33-,34+,35+,37-,39+,40+,41-,42+,43+,44+,46-,47+,49+/m1/s1. The molecule has 3 heterocycles. The number of benzene rings is 1. The van der Waals surface area contributed by atoms with E-state index in [9.17, 15) is 58.5 Å². The van der Waals surface area contributed by atoms with Crippen molar-refractivity contribution < 1.29 is 77.5 Å². The van der Waals surface area contributed by atoms with E-state index in [0.29, 0.717) is 24.2 Å². The highest BCUT2D eigenvalue weighted by atomic mass is 16.6. The number of hydrogen-bond acceptors (Lipinski definition) is 16. The number of hydrogen-bond donors (Lipinski definition) is 6. The number of cyclic esters (lactones) is 2. The number of ether oxygens (including phenoxy) is 3. The van der Waals surface area contributed by atoms with Crippen LogP contribution < -0.4 is 20.7 Å². The van der Waals surface area contributed by atoms with E-state index in [4.69, 9.17) is 14.2 Å². The third kappa shape index (κ3) is 16.9. The lowest BCUT2D eigenvalue weighted by atomic mass is 9.91. The number of carbonyl (C=O) groups is 10. The molecule has 0 spiro atoms. The maximum atomic E-state index is 15.0. The minimum Gasteiger partial charge on any atom is -0.497 e. The number of Topliss-reactive ketones (excluding diaryl/α,β-unsaturated/α-hetero) is 1. The van der Waals surface area contributed by atoms with E-state index in [1.165, 1.54) is 51.8 Å². The number of esters is 2. The fraction of sp³-hybridized carbons (Fsp3) is 0.719. The van der Waals surface area contributed by atoms with E-state index in [1.807, 2.05) is 13.8 Å². The zero-order chi connectivity index (χ0) is 60.2. The molecule has 3 aliphatic rings. The number of amides is 7. The summed E-state index contributed by atoms with van der Waals surface area (Å²) in [6.45, 7) is 17.7. The van der Waals surface area contributed by atoms with Gasteiger partial charge in [0.25, 0.3) is 5.91 Å². The maximum absolute atomic E-state index is 15.0. The number of likely N-dealkylation sites (tertiary alicyclic amines) is 1. The van der Waals surface area contributed by atoms with Crippen LogP contribution in [0.15, 0.2) is 24.3 Å². The summed E-state index contributed by atoms with van der Waals surface area (Å²) in [5, 5.41) is 40.8. The first-order valence-electron chi connectivity index (χ1n) is 28.1. The molecule has 3 saturated heterocycles. The topological polar surface area (TPSA) is 308 Å². The minimum atomic E-state index is -1.81.